The van der Waals surface area contributed by atoms with Crippen molar-refractivity contribution in [3.63, 3.8) is 0 Å². The Morgan fingerprint density at radius 3 is 2.76 bits per heavy atom. The highest BCUT2D eigenvalue weighted by atomic mass is 16.5. The minimum atomic E-state index is 0.0172. The first-order valence-electron chi connectivity index (χ1n) is 6.23. The molecule has 3 nitrogen and oxygen atoms in total. The van der Waals surface area contributed by atoms with Gasteiger partial charge in [-0.25, -0.2) is 0 Å². The number of nitrogens with zero attached hydrogens (tertiary/aromatic N) is 1. The molecule has 0 saturated carbocycles. The lowest BCUT2D eigenvalue weighted by molar-refractivity contribution is -0.112. The Balaban J connectivity index is 2.09. The molecule has 0 spiro atoms. The van der Waals surface area contributed by atoms with E-state index in [-0.39, 0.29) is 17.1 Å². The number of morpholine rings is 1. The molecule has 2 rings (SSSR count). The van der Waals surface area contributed by atoms with Crippen molar-refractivity contribution in [2.45, 2.75) is 13.8 Å². The third-order valence-corrected chi connectivity index (χ3v) is 3.84. The van der Waals surface area contributed by atoms with Gasteiger partial charge in [0.25, 0.3) is 0 Å². The SMILES string of the molecule is C=C1C(=O)C=CC(C)(C)C1CN1CCOCC1. The molecular weight excluding hydrogens is 214 g/mol. The Morgan fingerprint density at radius 1 is 1.47 bits per heavy atom. The Kier molecular flexibility index (Phi) is 3.50. The lowest BCUT2D eigenvalue weighted by Gasteiger charge is -2.39. The topological polar surface area (TPSA) is 29.5 Å². The largest absolute Gasteiger partial charge is 0.379 e. The van der Waals surface area contributed by atoms with E-state index < -0.39 is 0 Å². The number of ketones is 1. The first-order chi connectivity index (χ1) is 8.00. The van der Waals surface area contributed by atoms with Crippen molar-refractivity contribution in [1.82, 2.24) is 4.90 Å². The van der Waals surface area contributed by atoms with Crippen LogP contribution in [0.1, 0.15) is 13.8 Å². The molecule has 1 aliphatic carbocycles. The summed E-state index contributed by atoms with van der Waals surface area (Å²) < 4.78 is 5.34. The minimum absolute atomic E-state index is 0.0172. The standard InChI is InChI=1S/C14H21NO2/c1-11-12(10-15-6-8-17-9-7-15)14(2,3)5-4-13(11)16/h4-5,12H,1,6-10H2,2-3H3. The van der Waals surface area contributed by atoms with Gasteiger partial charge in [-0.1, -0.05) is 26.5 Å². The lowest BCUT2D eigenvalue weighted by Crippen LogP contribution is -2.44. The van der Waals surface area contributed by atoms with E-state index in [0.29, 0.717) is 0 Å². The molecule has 17 heavy (non-hydrogen) atoms. The van der Waals surface area contributed by atoms with E-state index in [0.717, 1.165) is 38.4 Å². The Bertz CT molecular complexity index is 351. The van der Waals surface area contributed by atoms with Gasteiger partial charge >= 0.3 is 0 Å². The summed E-state index contributed by atoms with van der Waals surface area (Å²) in [6.45, 7) is 12.7. The fourth-order valence-electron chi connectivity index (χ4n) is 2.52. The molecule has 1 aliphatic heterocycles. The Labute approximate surface area is 103 Å². The second-order valence-corrected chi connectivity index (χ2v) is 5.51. The first kappa shape index (κ1) is 12.5. The molecule has 94 valence electrons. The van der Waals surface area contributed by atoms with Crippen LogP contribution in [0, 0.1) is 11.3 Å². The number of hydrogen-bond acceptors (Lipinski definition) is 3. The zero-order valence-electron chi connectivity index (χ0n) is 10.7. The van der Waals surface area contributed by atoms with Gasteiger partial charge in [0, 0.05) is 25.6 Å². The van der Waals surface area contributed by atoms with Crippen LogP contribution in [0.15, 0.2) is 24.3 Å². The highest BCUT2D eigenvalue weighted by Gasteiger charge is 2.36. The molecule has 3 heteroatoms. The van der Waals surface area contributed by atoms with Crippen molar-refractivity contribution < 1.29 is 9.53 Å². The van der Waals surface area contributed by atoms with Crippen LogP contribution in [0.3, 0.4) is 0 Å². The summed E-state index contributed by atoms with van der Waals surface area (Å²) in [4.78, 5) is 14.1. The van der Waals surface area contributed by atoms with Crippen molar-refractivity contribution in [3.8, 4) is 0 Å². The maximum Gasteiger partial charge on any atom is 0.181 e. The van der Waals surface area contributed by atoms with Crippen LogP contribution >= 0.6 is 0 Å². The van der Waals surface area contributed by atoms with Gasteiger partial charge in [0.1, 0.15) is 0 Å². The summed E-state index contributed by atoms with van der Waals surface area (Å²) in [5, 5.41) is 0. The predicted octanol–water partition coefficient (Wildman–Crippen LogP) is 1.66. The van der Waals surface area contributed by atoms with Crippen molar-refractivity contribution in [1.29, 1.82) is 0 Å². The van der Waals surface area contributed by atoms with E-state index in [1.54, 1.807) is 6.08 Å². The molecule has 1 unspecified atom stereocenters. The van der Waals surface area contributed by atoms with Crippen molar-refractivity contribution >= 4 is 5.78 Å². The normalized spacial score (nSPS) is 29.6. The smallest absolute Gasteiger partial charge is 0.181 e. The Morgan fingerprint density at radius 2 is 2.12 bits per heavy atom. The number of carbonyl (C=O) groups excluding carboxylic acids is 1. The summed E-state index contributed by atoms with van der Waals surface area (Å²) >= 11 is 0. The van der Waals surface area contributed by atoms with Crippen molar-refractivity contribution in [2.24, 2.45) is 11.3 Å². The summed E-state index contributed by atoms with van der Waals surface area (Å²) in [6, 6.07) is 0. The van der Waals surface area contributed by atoms with E-state index >= 15 is 0 Å². The van der Waals surface area contributed by atoms with Crippen LogP contribution in [-0.2, 0) is 9.53 Å². The van der Waals surface area contributed by atoms with E-state index in [9.17, 15) is 4.79 Å². The number of ether oxygens (including phenoxy) is 1. The van der Waals surface area contributed by atoms with Gasteiger partial charge in [-0.05, 0) is 17.1 Å². The third-order valence-electron chi connectivity index (χ3n) is 3.84. The molecule has 0 aromatic heterocycles. The van der Waals surface area contributed by atoms with Crippen LogP contribution < -0.4 is 0 Å². The van der Waals surface area contributed by atoms with Gasteiger partial charge in [0.2, 0.25) is 0 Å². The molecule has 0 N–H and O–H groups in total. The second-order valence-electron chi connectivity index (χ2n) is 5.51. The molecule has 0 bridgehead atoms. The zero-order valence-corrected chi connectivity index (χ0v) is 10.7. The van der Waals surface area contributed by atoms with Crippen LogP contribution in [0.25, 0.3) is 0 Å². The third kappa shape index (κ3) is 2.67. The van der Waals surface area contributed by atoms with Gasteiger partial charge in [0.15, 0.2) is 5.78 Å². The van der Waals surface area contributed by atoms with Crippen molar-refractivity contribution in [2.75, 3.05) is 32.8 Å². The predicted molar refractivity (Wildman–Crippen MR) is 67.8 cm³/mol. The number of rotatable bonds is 2. The average Bonchev–Trinajstić information content (AvgIpc) is 2.32. The van der Waals surface area contributed by atoms with Crippen LogP contribution in [0.2, 0.25) is 0 Å². The molecule has 1 atom stereocenters. The zero-order chi connectivity index (χ0) is 12.5. The molecule has 2 aliphatic rings. The maximum absolute atomic E-state index is 11.7. The first-order valence-corrected chi connectivity index (χ1v) is 6.23. The fourth-order valence-corrected chi connectivity index (χ4v) is 2.52. The van der Waals surface area contributed by atoms with Crippen LogP contribution in [0.5, 0.6) is 0 Å². The maximum atomic E-state index is 11.7. The molecule has 0 amide bonds. The highest BCUT2D eigenvalue weighted by Crippen LogP contribution is 2.37. The van der Waals surface area contributed by atoms with E-state index in [1.165, 1.54) is 0 Å². The van der Waals surface area contributed by atoms with Gasteiger partial charge in [-0.3, -0.25) is 9.69 Å². The molecule has 1 heterocycles. The molecule has 0 radical (unpaired) electrons. The van der Waals surface area contributed by atoms with Gasteiger partial charge in [-0.15, -0.1) is 0 Å². The lowest BCUT2D eigenvalue weighted by atomic mass is 9.70. The van der Waals surface area contributed by atoms with Crippen LogP contribution in [-0.4, -0.2) is 43.5 Å². The van der Waals surface area contributed by atoms with Crippen LogP contribution in [0.4, 0.5) is 0 Å². The summed E-state index contributed by atoms with van der Waals surface area (Å²) in [7, 11) is 0. The summed E-state index contributed by atoms with van der Waals surface area (Å²) in [5.74, 6) is 0.306. The molecule has 1 fully saturated rings. The second kappa shape index (κ2) is 4.75. The number of carbonyl (C=O) groups is 1. The fraction of sp³-hybridized carbons (Fsp3) is 0.643. The highest BCUT2D eigenvalue weighted by molar-refractivity contribution is 6.05. The minimum Gasteiger partial charge on any atom is -0.379 e. The molecule has 0 aromatic carbocycles. The summed E-state index contributed by atoms with van der Waals surface area (Å²) in [6.07, 6.45) is 3.69. The quantitative estimate of drug-likeness (QED) is 0.682. The van der Waals surface area contributed by atoms with E-state index in [1.807, 2.05) is 6.08 Å². The van der Waals surface area contributed by atoms with Crippen molar-refractivity contribution in [3.05, 3.63) is 24.3 Å². The molecular formula is C14H21NO2. The molecule has 1 saturated heterocycles. The molecule has 0 aromatic rings. The van der Waals surface area contributed by atoms with Gasteiger partial charge < -0.3 is 4.74 Å². The number of allylic oxidation sites excluding steroid dienone is 2. The Hall–Kier alpha value is -0.930. The van der Waals surface area contributed by atoms with E-state index in [4.69, 9.17) is 4.74 Å². The average molecular weight is 235 g/mol. The number of hydrogen-bond donors (Lipinski definition) is 0. The van der Waals surface area contributed by atoms with E-state index in [2.05, 4.69) is 25.3 Å². The van der Waals surface area contributed by atoms with Gasteiger partial charge in [-0.2, -0.15) is 0 Å². The summed E-state index contributed by atoms with van der Waals surface area (Å²) in [5.41, 5.74) is 0.771. The monoisotopic (exact) mass is 235 g/mol. The van der Waals surface area contributed by atoms with Gasteiger partial charge in [0.05, 0.1) is 13.2 Å².